The number of aromatic nitrogens is 2. The maximum Gasteiger partial charge on any atom is 0.213 e. The van der Waals surface area contributed by atoms with Gasteiger partial charge in [-0.1, -0.05) is 0 Å². The number of methoxy groups -OCH3 is 1. The van der Waals surface area contributed by atoms with Gasteiger partial charge in [0.2, 0.25) is 5.88 Å². The Labute approximate surface area is 107 Å². The van der Waals surface area contributed by atoms with E-state index in [1.807, 2.05) is 12.3 Å². The Morgan fingerprint density at radius 1 is 1.44 bits per heavy atom. The number of hydrogen-bond acceptors (Lipinski definition) is 3. The highest BCUT2D eigenvalue weighted by atomic mass is 16.5. The Morgan fingerprint density at radius 2 is 2.22 bits per heavy atom. The molecule has 1 aliphatic heterocycles. The lowest BCUT2D eigenvalue weighted by atomic mass is 9.88. The fourth-order valence-electron chi connectivity index (χ4n) is 2.65. The van der Waals surface area contributed by atoms with Crippen LogP contribution >= 0.6 is 0 Å². The van der Waals surface area contributed by atoms with Crippen molar-refractivity contribution in [2.45, 2.75) is 32.4 Å². The van der Waals surface area contributed by atoms with Crippen molar-refractivity contribution in [3.63, 3.8) is 0 Å². The van der Waals surface area contributed by atoms with Crippen molar-refractivity contribution in [3.05, 3.63) is 23.5 Å². The molecule has 4 nitrogen and oxygen atoms in total. The predicted octanol–water partition coefficient (Wildman–Crippen LogP) is 2.34. The molecule has 0 aliphatic carbocycles. The van der Waals surface area contributed by atoms with Gasteiger partial charge >= 0.3 is 0 Å². The summed E-state index contributed by atoms with van der Waals surface area (Å²) < 4.78 is 5.22. The van der Waals surface area contributed by atoms with E-state index in [1.54, 1.807) is 7.11 Å². The minimum atomic E-state index is 0.193. The van der Waals surface area contributed by atoms with Crippen LogP contribution in [-0.2, 0) is 13.0 Å². The Morgan fingerprint density at radius 3 is 2.94 bits per heavy atom. The standard InChI is InChI=1S/C14H19N3O/c1-14(2)6-10-9-5-13(18-4)15-7-11(9)16-12(10)8-17(14)3/h5,7,16H,6,8H2,1-4H3. The van der Waals surface area contributed by atoms with Gasteiger partial charge in [0, 0.05) is 29.2 Å². The summed E-state index contributed by atoms with van der Waals surface area (Å²) in [7, 11) is 3.83. The van der Waals surface area contributed by atoms with Crippen LogP contribution < -0.4 is 4.74 Å². The van der Waals surface area contributed by atoms with Crippen molar-refractivity contribution in [1.29, 1.82) is 0 Å². The number of fused-ring (bicyclic) bond motifs is 3. The normalized spacial score (nSPS) is 18.9. The fourth-order valence-corrected chi connectivity index (χ4v) is 2.65. The first-order chi connectivity index (χ1) is 8.51. The molecule has 0 saturated carbocycles. The summed E-state index contributed by atoms with van der Waals surface area (Å²) in [5, 5.41) is 1.25. The van der Waals surface area contributed by atoms with Crippen LogP contribution in [0, 0.1) is 0 Å². The van der Waals surface area contributed by atoms with Gasteiger partial charge in [-0.15, -0.1) is 0 Å². The number of hydrogen-bond donors (Lipinski definition) is 1. The number of ether oxygens (including phenoxy) is 1. The Kier molecular flexibility index (Phi) is 2.38. The summed E-state index contributed by atoms with van der Waals surface area (Å²) in [5.41, 5.74) is 4.01. The van der Waals surface area contributed by atoms with Crippen LogP contribution in [0.1, 0.15) is 25.1 Å². The van der Waals surface area contributed by atoms with Gasteiger partial charge in [0.1, 0.15) is 0 Å². The van der Waals surface area contributed by atoms with E-state index in [9.17, 15) is 0 Å². The maximum atomic E-state index is 5.22. The number of aromatic amines is 1. The second kappa shape index (κ2) is 3.72. The highest BCUT2D eigenvalue weighted by Gasteiger charge is 2.32. The summed E-state index contributed by atoms with van der Waals surface area (Å²) in [6, 6.07) is 2.03. The van der Waals surface area contributed by atoms with Crippen molar-refractivity contribution < 1.29 is 4.74 Å². The molecule has 0 atom stereocenters. The van der Waals surface area contributed by atoms with Crippen molar-refractivity contribution in [2.24, 2.45) is 0 Å². The highest BCUT2D eigenvalue weighted by molar-refractivity contribution is 5.85. The molecule has 0 spiro atoms. The second-order valence-corrected chi connectivity index (χ2v) is 5.70. The summed E-state index contributed by atoms with van der Waals surface area (Å²) in [6.45, 7) is 5.53. The number of rotatable bonds is 1. The molecule has 1 aliphatic rings. The average Bonchev–Trinajstić information content (AvgIpc) is 2.66. The van der Waals surface area contributed by atoms with E-state index in [4.69, 9.17) is 4.74 Å². The van der Waals surface area contributed by atoms with Gasteiger partial charge in [0.05, 0.1) is 18.8 Å². The molecule has 2 aromatic rings. The summed E-state index contributed by atoms with van der Waals surface area (Å²) in [5.74, 6) is 0.682. The van der Waals surface area contributed by atoms with Gasteiger partial charge < -0.3 is 9.72 Å². The van der Waals surface area contributed by atoms with Crippen LogP contribution in [0.15, 0.2) is 12.3 Å². The number of likely N-dealkylation sites (N-methyl/N-ethyl adjacent to an activating group) is 1. The molecule has 0 saturated heterocycles. The first-order valence-electron chi connectivity index (χ1n) is 6.26. The minimum Gasteiger partial charge on any atom is -0.481 e. The van der Waals surface area contributed by atoms with E-state index < -0.39 is 0 Å². The molecular formula is C14H19N3O. The van der Waals surface area contributed by atoms with Crippen LogP contribution in [-0.4, -0.2) is 34.6 Å². The van der Waals surface area contributed by atoms with Crippen LogP contribution in [0.4, 0.5) is 0 Å². The van der Waals surface area contributed by atoms with Crippen molar-refractivity contribution in [1.82, 2.24) is 14.9 Å². The quantitative estimate of drug-likeness (QED) is 0.838. The number of H-pyrrole nitrogens is 1. The fraction of sp³-hybridized carbons (Fsp3) is 0.500. The Bertz CT molecular complexity index is 600. The summed E-state index contributed by atoms with van der Waals surface area (Å²) in [4.78, 5) is 10.1. The lowest BCUT2D eigenvalue weighted by Crippen LogP contribution is -2.45. The van der Waals surface area contributed by atoms with Gasteiger partial charge in [-0.25, -0.2) is 4.98 Å². The third-order valence-electron chi connectivity index (χ3n) is 4.10. The molecule has 4 heteroatoms. The zero-order chi connectivity index (χ0) is 12.9. The highest BCUT2D eigenvalue weighted by Crippen LogP contribution is 2.34. The van der Waals surface area contributed by atoms with Crippen LogP contribution in [0.25, 0.3) is 10.9 Å². The third-order valence-corrected chi connectivity index (χ3v) is 4.10. The van der Waals surface area contributed by atoms with Crippen molar-refractivity contribution in [2.75, 3.05) is 14.2 Å². The lowest BCUT2D eigenvalue weighted by Gasteiger charge is -2.39. The molecule has 0 aromatic carbocycles. The van der Waals surface area contributed by atoms with Gasteiger partial charge in [0.25, 0.3) is 0 Å². The molecule has 0 bridgehead atoms. The smallest absolute Gasteiger partial charge is 0.213 e. The molecule has 2 aromatic heterocycles. The van der Waals surface area contributed by atoms with E-state index in [1.165, 1.54) is 16.6 Å². The van der Waals surface area contributed by atoms with Crippen LogP contribution in [0.2, 0.25) is 0 Å². The topological polar surface area (TPSA) is 41.1 Å². The molecule has 0 radical (unpaired) electrons. The van der Waals surface area contributed by atoms with Crippen molar-refractivity contribution in [3.8, 4) is 5.88 Å². The largest absolute Gasteiger partial charge is 0.481 e. The van der Waals surface area contributed by atoms with E-state index in [0.717, 1.165) is 18.5 Å². The van der Waals surface area contributed by atoms with Gasteiger partial charge in [-0.2, -0.15) is 0 Å². The lowest BCUT2D eigenvalue weighted by molar-refractivity contribution is 0.132. The van der Waals surface area contributed by atoms with Gasteiger partial charge in [0.15, 0.2) is 0 Å². The molecule has 1 N–H and O–H groups in total. The first-order valence-corrected chi connectivity index (χ1v) is 6.26. The van der Waals surface area contributed by atoms with E-state index in [0.29, 0.717) is 5.88 Å². The first kappa shape index (κ1) is 11.5. The van der Waals surface area contributed by atoms with E-state index in [-0.39, 0.29) is 5.54 Å². The second-order valence-electron chi connectivity index (χ2n) is 5.70. The predicted molar refractivity (Wildman–Crippen MR) is 71.9 cm³/mol. The number of nitrogens with one attached hydrogen (secondary N) is 1. The summed E-state index contributed by atoms with van der Waals surface area (Å²) in [6.07, 6.45) is 2.91. The molecule has 18 heavy (non-hydrogen) atoms. The molecule has 96 valence electrons. The molecular weight excluding hydrogens is 226 g/mol. The summed E-state index contributed by atoms with van der Waals surface area (Å²) >= 11 is 0. The number of nitrogens with zero attached hydrogens (tertiary/aromatic N) is 2. The number of pyridine rings is 1. The zero-order valence-corrected chi connectivity index (χ0v) is 11.4. The monoisotopic (exact) mass is 245 g/mol. The molecule has 0 amide bonds. The van der Waals surface area contributed by atoms with E-state index >= 15 is 0 Å². The molecule has 3 heterocycles. The van der Waals surface area contributed by atoms with Crippen LogP contribution in [0.5, 0.6) is 5.88 Å². The van der Waals surface area contributed by atoms with E-state index in [2.05, 4.69) is 35.8 Å². The van der Waals surface area contributed by atoms with Gasteiger partial charge in [-0.05, 0) is 32.9 Å². The average molecular weight is 245 g/mol. The van der Waals surface area contributed by atoms with Gasteiger partial charge in [-0.3, -0.25) is 4.90 Å². The molecule has 0 fully saturated rings. The Hall–Kier alpha value is -1.55. The zero-order valence-electron chi connectivity index (χ0n) is 11.4. The van der Waals surface area contributed by atoms with Crippen molar-refractivity contribution >= 4 is 10.9 Å². The SMILES string of the molecule is COc1cc2c3c([nH]c2cn1)CN(C)C(C)(C)C3. The molecule has 0 unspecified atom stereocenters. The third kappa shape index (κ3) is 1.60. The minimum absolute atomic E-state index is 0.193. The molecule has 3 rings (SSSR count). The maximum absolute atomic E-state index is 5.22. The van der Waals surface area contributed by atoms with Crippen LogP contribution in [0.3, 0.4) is 0 Å². The Balaban J connectivity index is 2.18.